The van der Waals surface area contributed by atoms with Gasteiger partial charge in [-0.05, 0) is 24.6 Å². The molecule has 0 spiro atoms. The molecule has 2 N–H and O–H groups in total. The van der Waals surface area contributed by atoms with Crippen molar-refractivity contribution >= 4 is 21.9 Å². The number of hydrogen-bond donors (Lipinski definition) is 2. The summed E-state index contributed by atoms with van der Waals surface area (Å²) in [6.07, 6.45) is 0. The Hall–Kier alpha value is -0.910. The fourth-order valence-electron chi connectivity index (χ4n) is 1.50. The molecular formula is C12H16BrNO3. The van der Waals surface area contributed by atoms with Crippen LogP contribution in [0.5, 0.6) is 0 Å². The third kappa shape index (κ3) is 3.52. The standard InChI is InChI=1S/C12H16BrNO3/c1-12(11(15)16,14-6-7-17-2)9-4-3-5-10(13)8-9/h3-5,8,14H,6-7H2,1-2H3,(H,15,16). The maximum Gasteiger partial charge on any atom is 0.328 e. The van der Waals surface area contributed by atoms with Crippen LogP contribution in [0.25, 0.3) is 0 Å². The number of carbonyl (C=O) groups is 1. The zero-order valence-corrected chi connectivity index (χ0v) is 11.5. The summed E-state index contributed by atoms with van der Waals surface area (Å²) in [6, 6.07) is 7.27. The first-order valence-corrected chi connectivity index (χ1v) is 6.03. The first-order valence-electron chi connectivity index (χ1n) is 5.24. The van der Waals surface area contributed by atoms with Gasteiger partial charge in [-0.2, -0.15) is 0 Å². The number of aliphatic carboxylic acids is 1. The molecule has 0 saturated carbocycles. The highest BCUT2D eigenvalue weighted by molar-refractivity contribution is 9.10. The van der Waals surface area contributed by atoms with Crippen molar-refractivity contribution in [3.05, 3.63) is 34.3 Å². The summed E-state index contributed by atoms with van der Waals surface area (Å²) in [5, 5.41) is 12.4. The number of hydrogen-bond acceptors (Lipinski definition) is 3. The topological polar surface area (TPSA) is 58.6 Å². The number of rotatable bonds is 6. The number of benzene rings is 1. The van der Waals surface area contributed by atoms with Gasteiger partial charge in [-0.25, -0.2) is 4.79 Å². The molecular weight excluding hydrogens is 286 g/mol. The van der Waals surface area contributed by atoms with Gasteiger partial charge in [-0.15, -0.1) is 0 Å². The van der Waals surface area contributed by atoms with Gasteiger partial charge in [0.25, 0.3) is 0 Å². The summed E-state index contributed by atoms with van der Waals surface area (Å²) in [5.41, 5.74) is -0.405. The molecule has 5 heteroatoms. The molecule has 1 atom stereocenters. The summed E-state index contributed by atoms with van der Waals surface area (Å²) in [4.78, 5) is 11.4. The Morgan fingerprint density at radius 1 is 1.59 bits per heavy atom. The molecule has 1 aromatic rings. The van der Waals surface area contributed by atoms with Crippen molar-refractivity contribution in [1.82, 2.24) is 5.32 Å². The first kappa shape index (κ1) is 14.2. The van der Waals surface area contributed by atoms with Crippen LogP contribution >= 0.6 is 15.9 Å². The minimum absolute atomic E-state index is 0.469. The molecule has 0 heterocycles. The van der Waals surface area contributed by atoms with Crippen molar-refractivity contribution in [2.24, 2.45) is 0 Å². The lowest BCUT2D eigenvalue weighted by Gasteiger charge is -2.27. The lowest BCUT2D eigenvalue weighted by atomic mass is 9.92. The summed E-state index contributed by atoms with van der Waals surface area (Å²) in [7, 11) is 1.58. The minimum Gasteiger partial charge on any atom is -0.480 e. The highest BCUT2D eigenvalue weighted by Gasteiger charge is 2.34. The number of carboxylic acids is 1. The summed E-state index contributed by atoms with van der Waals surface area (Å²) < 4.78 is 5.77. The van der Waals surface area contributed by atoms with Gasteiger partial charge in [0.1, 0.15) is 5.54 Å². The van der Waals surface area contributed by atoms with E-state index in [0.717, 1.165) is 4.47 Å². The third-order valence-electron chi connectivity index (χ3n) is 2.61. The summed E-state index contributed by atoms with van der Waals surface area (Å²) in [6.45, 7) is 2.59. The number of methoxy groups -OCH3 is 1. The van der Waals surface area contributed by atoms with Crippen LogP contribution in [0.1, 0.15) is 12.5 Å². The van der Waals surface area contributed by atoms with Crippen molar-refractivity contribution in [1.29, 1.82) is 0 Å². The van der Waals surface area contributed by atoms with Gasteiger partial charge in [0, 0.05) is 18.1 Å². The Kier molecular flexibility index (Phi) is 5.11. The van der Waals surface area contributed by atoms with Gasteiger partial charge in [0.15, 0.2) is 0 Å². The number of ether oxygens (including phenoxy) is 1. The quantitative estimate of drug-likeness (QED) is 0.789. The predicted molar refractivity (Wildman–Crippen MR) is 69.0 cm³/mol. The van der Waals surface area contributed by atoms with E-state index in [0.29, 0.717) is 18.7 Å². The Bertz CT molecular complexity index is 397. The van der Waals surface area contributed by atoms with E-state index in [-0.39, 0.29) is 0 Å². The molecule has 0 fully saturated rings. The van der Waals surface area contributed by atoms with Crippen LogP contribution in [0.15, 0.2) is 28.7 Å². The average molecular weight is 302 g/mol. The van der Waals surface area contributed by atoms with E-state index in [4.69, 9.17) is 4.74 Å². The molecule has 94 valence electrons. The number of nitrogens with one attached hydrogen (secondary N) is 1. The van der Waals surface area contributed by atoms with Gasteiger partial charge in [-0.1, -0.05) is 28.1 Å². The molecule has 1 rings (SSSR count). The molecule has 1 unspecified atom stereocenters. The predicted octanol–water partition coefficient (Wildman–Crippen LogP) is 1.98. The van der Waals surface area contributed by atoms with Crippen molar-refractivity contribution in [2.75, 3.05) is 20.3 Å². The van der Waals surface area contributed by atoms with Crippen LogP contribution in [0.4, 0.5) is 0 Å². The van der Waals surface area contributed by atoms with Crippen molar-refractivity contribution in [3.8, 4) is 0 Å². The maximum absolute atomic E-state index is 11.4. The van der Waals surface area contributed by atoms with Crippen LogP contribution in [0, 0.1) is 0 Å². The highest BCUT2D eigenvalue weighted by Crippen LogP contribution is 2.24. The summed E-state index contributed by atoms with van der Waals surface area (Å²) >= 11 is 3.34. The van der Waals surface area contributed by atoms with Crippen LogP contribution in [0.3, 0.4) is 0 Å². The van der Waals surface area contributed by atoms with Gasteiger partial charge < -0.3 is 9.84 Å². The van der Waals surface area contributed by atoms with E-state index in [1.165, 1.54) is 0 Å². The van der Waals surface area contributed by atoms with E-state index >= 15 is 0 Å². The van der Waals surface area contributed by atoms with Crippen LogP contribution in [-0.2, 0) is 15.1 Å². The molecule has 0 bridgehead atoms. The molecule has 0 aliphatic carbocycles. The van der Waals surface area contributed by atoms with Crippen LogP contribution in [0.2, 0.25) is 0 Å². The second kappa shape index (κ2) is 6.14. The molecule has 0 amide bonds. The second-order valence-corrected chi connectivity index (χ2v) is 4.78. The Balaban J connectivity index is 2.95. The van der Waals surface area contributed by atoms with Crippen LogP contribution in [-0.4, -0.2) is 31.3 Å². The Morgan fingerprint density at radius 2 is 2.29 bits per heavy atom. The molecule has 0 aliphatic rings. The third-order valence-corrected chi connectivity index (χ3v) is 3.11. The molecule has 0 radical (unpaired) electrons. The lowest BCUT2D eigenvalue weighted by molar-refractivity contribution is -0.144. The number of carboxylic acid groups (broad SMARTS) is 1. The monoisotopic (exact) mass is 301 g/mol. The molecule has 0 aromatic heterocycles. The zero-order chi connectivity index (χ0) is 12.9. The largest absolute Gasteiger partial charge is 0.480 e. The summed E-state index contributed by atoms with van der Waals surface area (Å²) in [5.74, 6) is -0.910. The van der Waals surface area contributed by atoms with Gasteiger partial charge >= 0.3 is 5.97 Å². The molecule has 1 aromatic carbocycles. The molecule has 0 saturated heterocycles. The Labute approximate surface area is 109 Å². The first-order chi connectivity index (χ1) is 8.00. The van der Waals surface area contributed by atoms with E-state index in [9.17, 15) is 9.90 Å². The van der Waals surface area contributed by atoms with Gasteiger partial charge in [0.05, 0.1) is 6.61 Å². The second-order valence-electron chi connectivity index (χ2n) is 3.86. The fourth-order valence-corrected chi connectivity index (χ4v) is 1.90. The van der Waals surface area contributed by atoms with Gasteiger partial charge in [0.2, 0.25) is 0 Å². The van der Waals surface area contributed by atoms with Crippen molar-refractivity contribution in [3.63, 3.8) is 0 Å². The number of halogens is 1. The Morgan fingerprint density at radius 3 is 2.82 bits per heavy atom. The molecule has 0 aliphatic heterocycles. The van der Waals surface area contributed by atoms with E-state index in [1.54, 1.807) is 26.2 Å². The minimum atomic E-state index is -1.11. The van der Waals surface area contributed by atoms with E-state index in [2.05, 4.69) is 21.2 Å². The van der Waals surface area contributed by atoms with E-state index < -0.39 is 11.5 Å². The maximum atomic E-state index is 11.4. The van der Waals surface area contributed by atoms with E-state index in [1.807, 2.05) is 12.1 Å². The van der Waals surface area contributed by atoms with Crippen molar-refractivity contribution in [2.45, 2.75) is 12.5 Å². The lowest BCUT2D eigenvalue weighted by Crippen LogP contribution is -2.47. The average Bonchev–Trinajstić information content (AvgIpc) is 2.29. The normalized spacial score (nSPS) is 14.3. The van der Waals surface area contributed by atoms with Crippen LogP contribution < -0.4 is 5.32 Å². The fraction of sp³-hybridized carbons (Fsp3) is 0.417. The molecule has 17 heavy (non-hydrogen) atoms. The highest BCUT2D eigenvalue weighted by atomic mass is 79.9. The van der Waals surface area contributed by atoms with Gasteiger partial charge in [-0.3, -0.25) is 5.32 Å². The SMILES string of the molecule is COCCNC(C)(C(=O)O)c1cccc(Br)c1. The molecule has 4 nitrogen and oxygen atoms in total. The smallest absolute Gasteiger partial charge is 0.328 e. The van der Waals surface area contributed by atoms with Crippen molar-refractivity contribution < 1.29 is 14.6 Å². The zero-order valence-electron chi connectivity index (χ0n) is 9.87.